The topological polar surface area (TPSA) is 95.9 Å². The van der Waals surface area contributed by atoms with Gasteiger partial charge in [0.15, 0.2) is 5.60 Å². The summed E-state index contributed by atoms with van der Waals surface area (Å²) in [6, 6.07) is 4.96. The molecule has 0 aromatic heterocycles. The monoisotopic (exact) mass is 334 g/mol. The van der Waals surface area contributed by atoms with Crippen molar-refractivity contribution in [2.75, 3.05) is 10.2 Å². The van der Waals surface area contributed by atoms with Gasteiger partial charge in [0.05, 0.1) is 12.1 Å². The molecule has 1 aliphatic heterocycles. The van der Waals surface area contributed by atoms with Gasteiger partial charge in [0.2, 0.25) is 5.91 Å². The first-order valence-corrected chi connectivity index (χ1v) is 7.80. The number of amides is 2. The van der Waals surface area contributed by atoms with Crippen LogP contribution >= 0.6 is 0 Å². The lowest BCUT2D eigenvalue weighted by molar-refractivity contribution is -0.138. The van der Waals surface area contributed by atoms with Crippen LogP contribution in [-0.4, -0.2) is 34.5 Å². The zero-order chi connectivity index (χ0) is 18.1. The highest BCUT2D eigenvalue weighted by Gasteiger charge is 2.42. The number of hydrogen-bond donors (Lipinski definition) is 2. The van der Waals surface area contributed by atoms with Crippen LogP contribution in [0.15, 0.2) is 18.2 Å². The Hall–Kier alpha value is -2.57. The van der Waals surface area contributed by atoms with E-state index in [9.17, 15) is 14.4 Å². The summed E-state index contributed by atoms with van der Waals surface area (Å²) in [7, 11) is 0. The van der Waals surface area contributed by atoms with Crippen LogP contribution < -0.4 is 15.0 Å². The van der Waals surface area contributed by atoms with Crippen LogP contribution in [0.1, 0.15) is 40.5 Å². The summed E-state index contributed by atoms with van der Waals surface area (Å²) in [6.45, 7) is 7.24. The van der Waals surface area contributed by atoms with Crippen LogP contribution in [0.3, 0.4) is 0 Å². The number of aliphatic carboxylic acids is 1. The summed E-state index contributed by atoms with van der Waals surface area (Å²) >= 11 is 0. The van der Waals surface area contributed by atoms with E-state index in [0.29, 0.717) is 17.1 Å². The number of rotatable bonds is 5. The summed E-state index contributed by atoms with van der Waals surface area (Å²) in [4.78, 5) is 36.6. The standard InChI is InChI=1S/C17H22N2O5/c1-10(2)19-12-9-11(18-14(20)7-8-15(21)22)5-6-13(12)24-17(3,4)16(19)23/h5-6,9-10H,7-8H2,1-4H3,(H,18,20)(H,21,22). The van der Waals surface area contributed by atoms with E-state index in [2.05, 4.69) is 5.32 Å². The van der Waals surface area contributed by atoms with Crippen molar-refractivity contribution in [2.45, 2.75) is 52.2 Å². The van der Waals surface area contributed by atoms with Crippen molar-refractivity contribution in [1.82, 2.24) is 0 Å². The number of nitrogens with one attached hydrogen (secondary N) is 1. The first-order chi connectivity index (χ1) is 11.1. The number of carbonyl (C=O) groups excluding carboxylic acids is 2. The maximum atomic E-state index is 12.6. The number of anilines is 2. The van der Waals surface area contributed by atoms with Crippen molar-refractivity contribution < 1.29 is 24.2 Å². The van der Waals surface area contributed by atoms with Gasteiger partial charge >= 0.3 is 5.97 Å². The van der Waals surface area contributed by atoms with E-state index in [-0.39, 0.29) is 24.8 Å². The highest BCUT2D eigenvalue weighted by molar-refractivity contribution is 6.03. The number of benzene rings is 1. The van der Waals surface area contributed by atoms with Crippen molar-refractivity contribution >= 4 is 29.2 Å². The van der Waals surface area contributed by atoms with Gasteiger partial charge in [0, 0.05) is 18.2 Å². The second-order valence-corrected chi connectivity index (χ2v) is 6.51. The fourth-order valence-corrected chi connectivity index (χ4v) is 2.54. The quantitative estimate of drug-likeness (QED) is 0.862. The highest BCUT2D eigenvalue weighted by Crippen LogP contribution is 2.40. The van der Waals surface area contributed by atoms with Crippen LogP contribution in [-0.2, 0) is 14.4 Å². The third-order valence-electron chi connectivity index (χ3n) is 3.68. The molecule has 1 aromatic carbocycles. The predicted octanol–water partition coefficient (Wildman–Crippen LogP) is 2.40. The van der Waals surface area contributed by atoms with Crippen molar-refractivity contribution in [1.29, 1.82) is 0 Å². The van der Waals surface area contributed by atoms with Crippen LogP contribution in [0.2, 0.25) is 0 Å². The molecule has 7 nitrogen and oxygen atoms in total. The predicted molar refractivity (Wildman–Crippen MR) is 89.3 cm³/mol. The van der Waals surface area contributed by atoms with Crippen molar-refractivity contribution in [2.24, 2.45) is 0 Å². The molecule has 0 saturated heterocycles. The second-order valence-electron chi connectivity index (χ2n) is 6.51. The Bertz CT molecular complexity index is 682. The third kappa shape index (κ3) is 3.67. The molecule has 2 amide bonds. The number of carbonyl (C=O) groups is 3. The van der Waals surface area contributed by atoms with E-state index in [4.69, 9.17) is 9.84 Å². The van der Waals surface area contributed by atoms with E-state index in [1.54, 1.807) is 36.9 Å². The van der Waals surface area contributed by atoms with Crippen molar-refractivity contribution in [3.63, 3.8) is 0 Å². The third-order valence-corrected chi connectivity index (χ3v) is 3.68. The summed E-state index contributed by atoms with van der Waals surface area (Å²) in [6.07, 6.45) is -0.340. The molecular formula is C17H22N2O5. The van der Waals surface area contributed by atoms with Crippen LogP contribution in [0.5, 0.6) is 5.75 Å². The molecule has 1 aliphatic rings. The van der Waals surface area contributed by atoms with E-state index < -0.39 is 17.5 Å². The van der Waals surface area contributed by atoms with Gasteiger partial charge in [-0.2, -0.15) is 0 Å². The minimum absolute atomic E-state index is 0.0719. The van der Waals surface area contributed by atoms with Gasteiger partial charge in [-0.25, -0.2) is 0 Å². The fraction of sp³-hybridized carbons (Fsp3) is 0.471. The number of nitrogens with zero attached hydrogens (tertiary/aromatic N) is 1. The second kappa shape index (κ2) is 6.51. The van der Waals surface area contributed by atoms with Crippen LogP contribution in [0.25, 0.3) is 0 Å². The van der Waals surface area contributed by atoms with E-state index >= 15 is 0 Å². The summed E-state index contributed by atoms with van der Waals surface area (Å²) in [5.74, 6) is -1.00. The Balaban J connectivity index is 2.27. The molecule has 130 valence electrons. The van der Waals surface area contributed by atoms with Gasteiger partial charge in [-0.15, -0.1) is 0 Å². The summed E-state index contributed by atoms with van der Waals surface area (Å²) in [5.41, 5.74) is 0.125. The van der Waals surface area contributed by atoms with Crippen LogP contribution in [0.4, 0.5) is 11.4 Å². The molecule has 0 unspecified atom stereocenters. The highest BCUT2D eigenvalue weighted by atomic mass is 16.5. The Kier molecular flexibility index (Phi) is 4.82. The van der Waals surface area contributed by atoms with Crippen LogP contribution in [0, 0.1) is 0 Å². The Morgan fingerprint density at radius 3 is 2.54 bits per heavy atom. The molecule has 0 saturated carbocycles. The van der Waals surface area contributed by atoms with E-state index in [1.165, 1.54) is 0 Å². The number of fused-ring (bicyclic) bond motifs is 1. The molecule has 0 radical (unpaired) electrons. The van der Waals surface area contributed by atoms with Crippen molar-refractivity contribution in [3.8, 4) is 5.75 Å². The van der Waals surface area contributed by atoms with Gasteiger partial charge < -0.3 is 20.1 Å². The molecule has 1 aromatic rings. The first kappa shape index (κ1) is 17.8. The van der Waals surface area contributed by atoms with E-state index in [0.717, 1.165) is 0 Å². The molecule has 1 heterocycles. The molecule has 0 fully saturated rings. The average molecular weight is 334 g/mol. The number of carboxylic acids is 1. The zero-order valence-electron chi connectivity index (χ0n) is 14.3. The Morgan fingerprint density at radius 1 is 1.29 bits per heavy atom. The molecule has 24 heavy (non-hydrogen) atoms. The molecule has 0 aliphatic carbocycles. The summed E-state index contributed by atoms with van der Waals surface area (Å²) in [5, 5.41) is 11.3. The number of carboxylic acid groups (broad SMARTS) is 1. The first-order valence-electron chi connectivity index (χ1n) is 7.80. The van der Waals surface area contributed by atoms with Gasteiger partial charge in [-0.05, 0) is 45.9 Å². The molecule has 7 heteroatoms. The minimum Gasteiger partial charge on any atom is -0.481 e. The minimum atomic E-state index is -1.03. The zero-order valence-corrected chi connectivity index (χ0v) is 14.3. The maximum Gasteiger partial charge on any atom is 0.303 e. The summed E-state index contributed by atoms with van der Waals surface area (Å²) < 4.78 is 5.77. The smallest absolute Gasteiger partial charge is 0.303 e. The lowest BCUT2D eigenvalue weighted by Gasteiger charge is -2.41. The molecule has 0 spiro atoms. The number of hydrogen-bond acceptors (Lipinski definition) is 4. The SMILES string of the molecule is CC(C)N1C(=O)C(C)(C)Oc2ccc(NC(=O)CCC(=O)O)cc21. The molecule has 0 atom stereocenters. The lowest BCUT2D eigenvalue weighted by atomic mass is 10.0. The molecule has 2 N–H and O–H groups in total. The fourth-order valence-electron chi connectivity index (χ4n) is 2.54. The van der Waals surface area contributed by atoms with Gasteiger partial charge in [-0.3, -0.25) is 14.4 Å². The van der Waals surface area contributed by atoms with Gasteiger partial charge in [0.25, 0.3) is 5.91 Å². The Morgan fingerprint density at radius 2 is 1.96 bits per heavy atom. The lowest BCUT2D eigenvalue weighted by Crippen LogP contribution is -2.54. The van der Waals surface area contributed by atoms with Gasteiger partial charge in [-0.1, -0.05) is 0 Å². The average Bonchev–Trinajstić information content (AvgIpc) is 2.46. The molecular weight excluding hydrogens is 312 g/mol. The number of ether oxygens (including phenoxy) is 1. The Labute approximate surface area is 140 Å². The van der Waals surface area contributed by atoms with Crippen molar-refractivity contribution in [3.05, 3.63) is 18.2 Å². The normalized spacial score (nSPS) is 15.7. The largest absolute Gasteiger partial charge is 0.481 e. The van der Waals surface area contributed by atoms with E-state index in [1.807, 2.05) is 13.8 Å². The molecule has 0 bridgehead atoms. The van der Waals surface area contributed by atoms with Gasteiger partial charge in [0.1, 0.15) is 5.75 Å². The molecule has 2 rings (SSSR count). The maximum absolute atomic E-state index is 12.6.